The number of ether oxygens (including phenoxy) is 1. The summed E-state index contributed by atoms with van der Waals surface area (Å²) in [7, 11) is 0. The molecule has 3 heterocycles. The summed E-state index contributed by atoms with van der Waals surface area (Å²) >= 11 is 0. The second-order valence-electron chi connectivity index (χ2n) is 7.15. The molecule has 1 aromatic rings. The van der Waals surface area contributed by atoms with Crippen LogP contribution in [0.4, 0.5) is 0 Å². The summed E-state index contributed by atoms with van der Waals surface area (Å²) in [6.45, 7) is 4.44. The van der Waals surface area contributed by atoms with Crippen molar-refractivity contribution in [3.05, 3.63) is 35.9 Å². The van der Waals surface area contributed by atoms with Crippen LogP contribution in [0.25, 0.3) is 0 Å². The van der Waals surface area contributed by atoms with Gasteiger partial charge in [-0.15, -0.1) is 0 Å². The molecule has 0 saturated carbocycles. The molecule has 6 nitrogen and oxygen atoms in total. The number of morpholine rings is 1. The molecule has 6 heteroatoms. The average Bonchev–Trinajstić information content (AvgIpc) is 3.11. The van der Waals surface area contributed by atoms with Crippen LogP contribution in [0.5, 0.6) is 0 Å². The Hall–Kier alpha value is -1.92. The number of rotatable bonds is 3. The molecule has 0 bridgehead atoms. The molecule has 0 N–H and O–H groups in total. The van der Waals surface area contributed by atoms with E-state index in [1.165, 1.54) is 6.42 Å². The lowest BCUT2D eigenvalue weighted by atomic mass is 10.1. The third-order valence-electron chi connectivity index (χ3n) is 5.58. The van der Waals surface area contributed by atoms with E-state index in [0.717, 1.165) is 38.2 Å². The average molecular weight is 343 g/mol. The Morgan fingerprint density at radius 2 is 2.00 bits per heavy atom. The Morgan fingerprint density at radius 3 is 2.84 bits per heavy atom. The Morgan fingerprint density at radius 1 is 1.16 bits per heavy atom. The Kier molecular flexibility index (Phi) is 4.72. The zero-order valence-corrected chi connectivity index (χ0v) is 14.5. The molecule has 2 unspecified atom stereocenters. The van der Waals surface area contributed by atoms with E-state index < -0.39 is 6.04 Å². The summed E-state index contributed by atoms with van der Waals surface area (Å²) < 4.78 is 5.41. The minimum atomic E-state index is -0.505. The maximum atomic E-state index is 13.1. The molecule has 3 aliphatic heterocycles. The first kappa shape index (κ1) is 16.5. The number of carbonyl (C=O) groups is 2. The van der Waals surface area contributed by atoms with E-state index >= 15 is 0 Å². The topological polar surface area (TPSA) is 53.1 Å². The van der Waals surface area contributed by atoms with E-state index in [-0.39, 0.29) is 18.4 Å². The Balaban J connectivity index is 1.48. The summed E-state index contributed by atoms with van der Waals surface area (Å²) in [5, 5.41) is 0. The van der Waals surface area contributed by atoms with Gasteiger partial charge in [-0.1, -0.05) is 30.3 Å². The molecule has 0 radical (unpaired) electrons. The van der Waals surface area contributed by atoms with E-state index in [1.54, 1.807) is 4.90 Å². The SMILES string of the molecule is O=C(C1COCC(=O)N1Cc1ccccc1)N1CCN2CCCC2C1. The normalized spacial score (nSPS) is 27.4. The molecule has 3 saturated heterocycles. The van der Waals surface area contributed by atoms with Crippen molar-refractivity contribution >= 4 is 11.8 Å². The molecule has 25 heavy (non-hydrogen) atoms. The largest absolute Gasteiger partial charge is 0.369 e. The molecule has 134 valence electrons. The second kappa shape index (κ2) is 7.14. The van der Waals surface area contributed by atoms with Gasteiger partial charge in [-0.05, 0) is 24.9 Å². The monoisotopic (exact) mass is 343 g/mol. The van der Waals surface area contributed by atoms with Gasteiger partial charge in [0.2, 0.25) is 11.8 Å². The zero-order valence-electron chi connectivity index (χ0n) is 14.5. The highest BCUT2D eigenvalue weighted by Crippen LogP contribution is 2.23. The Bertz CT molecular complexity index is 636. The van der Waals surface area contributed by atoms with Crippen molar-refractivity contribution in [1.82, 2.24) is 14.7 Å². The number of hydrogen-bond acceptors (Lipinski definition) is 4. The third kappa shape index (κ3) is 3.41. The fourth-order valence-corrected chi connectivity index (χ4v) is 4.19. The summed E-state index contributed by atoms with van der Waals surface area (Å²) in [5.74, 6) is -0.0662. The standard InChI is InChI=1S/C19H25N3O3/c23-18-14-25-13-17(22(18)11-15-5-2-1-3-6-15)19(24)21-10-9-20-8-4-7-16(20)12-21/h1-3,5-6,16-17H,4,7-14H2. The highest BCUT2D eigenvalue weighted by molar-refractivity contribution is 5.89. The number of benzene rings is 1. The minimum Gasteiger partial charge on any atom is -0.369 e. The molecule has 3 fully saturated rings. The minimum absolute atomic E-state index is 0.0375. The van der Waals surface area contributed by atoms with Crippen molar-refractivity contribution in [3.8, 4) is 0 Å². The van der Waals surface area contributed by atoms with Crippen molar-refractivity contribution in [2.45, 2.75) is 31.5 Å². The molecular weight excluding hydrogens is 318 g/mol. The van der Waals surface area contributed by atoms with Gasteiger partial charge in [0.25, 0.3) is 0 Å². The smallest absolute Gasteiger partial charge is 0.249 e. The number of fused-ring (bicyclic) bond motifs is 1. The van der Waals surface area contributed by atoms with Crippen LogP contribution in [0.2, 0.25) is 0 Å². The van der Waals surface area contributed by atoms with Gasteiger partial charge in [0.05, 0.1) is 6.61 Å². The van der Waals surface area contributed by atoms with Gasteiger partial charge in [0.15, 0.2) is 0 Å². The van der Waals surface area contributed by atoms with Gasteiger partial charge < -0.3 is 14.5 Å². The van der Waals surface area contributed by atoms with Crippen LogP contribution in [0, 0.1) is 0 Å². The van der Waals surface area contributed by atoms with Crippen LogP contribution in [0.1, 0.15) is 18.4 Å². The van der Waals surface area contributed by atoms with Crippen LogP contribution in [-0.4, -0.2) is 78.0 Å². The van der Waals surface area contributed by atoms with Crippen molar-refractivity contribution < 1.29 is 14.3 Å². The van der Waals surface area contributed by atoms with Gasteiger partial charge in [-0.25, -0.2) is 0 Å². The molecule has 4 rings (SSSR count). The van der Waals surface area contributed by atoms with Crippen molar-refractivity contribution in [3.63, 3.8) is 0 Å². The number of piperazine rings is 1. The number of amides is 2. The van der Waals surface area contributed by atoms with E-state index in [4.69, 9.17) is 4.74 Å². The summed E-state index contributed by atoms with van der Waals surface area (Å²) in [6, 6.07) is 9.82. The number of hydrogen-bond donors (Lipinski definition) is 0. The molecule has 0 spiro atoms. The fraction of sp³-hybridized carbons (Fsp3) is 0.579. The van der Waals surface area contributed by atoms with Gasteiger partial charge in [-0.3, -0.25) is 14.5 Å². The first-order valence-corrected chi connectivity index (χ1v) is 9.16. The van der Waals surface area contributed by atoms with Gasteiger partial charge in [0, 0.05) is 32.2 Å². The first-order chi connectivity index (χ1) is 12.2. The lowest BCUT2D eigenvalue weighted by Gasteiger charge is -2.42. The third-order valence-corrected chi connectivity index (χ3v) is 5.58. The lowest BCUT2D eigenvalue weighted by Crippen LogP contribution is -2.60. The van der Waals surface area contributed by atoms with Crippen molar-refractivity contribution in [2.24, 2.45) is 0 Å². The quantitative estimate of drug-likeness (QED) is 0.812. The molecule has 1 aromatic carbocycles. The van der Waals surface area contributed by atoms with Crippen molar-refractivity contribution in [1.29, 1.82) is 0 Å². The molecule has 0 aliphatic carbocycles. The summed E-state index contributed by atoms with van der Waals surface area (Å²) in [5.41, 5.74) is 1.04. The maximum absolute atomic E-state index is 13.1. The zero-order chi connectivity index (χ0) is 17.2. The maximum Gasteiger partial charge on any atom is 0.249 e. The highest BCUT2D eigenvalue weighted by Gasteiger charge is 2.39. The molecule has 3 aliphatic rings. The van der Waals surface area contributed by atoms with E-state index in [9.17, 15) is 9.59 Å². The molecule has 2 amide bonds. The van der Waals surface area contributed by atoms with Crippen molar-refractivity contribution in [2.75, 3.05) is 39.4 Å². The fourth-order valence-electron chi connectivity index (χ4n) is 4.19. The molecule has 2 atom stereocenters. The van der Waals surface area contributed by atoms with Gasteiger partial charge in [-0.2, -0.15) is 0 Å². The lowest BCUT2D eigenvalue weighted by molar-refractivity contribution is -0.161. The molecular formula is C19H25N3O3. The molecule has 0 aromatic heterocycles. The number of carbonyl (C=O) groups excluding carboxylic acids is 2. The van der Waals surface area contributed by atoms with Crippen LogP contribution in [0.3, 0.4) is 0 Å². The first-order valence-electron chi connectivity index (χ1n) is 9.16. The van der Waals surface area contributed by atoms with Crippen LogP contribution in [0.15, 0.2) is 30.3 Å². The summed E-state index contributed by atoms with van der Waals surface area (Å²) in [6.07, 6.45) is 2.38. The number of nitrogens with zero attached hydrogens (tertiary/aromatic N) is 3. The van der Waals surface area contributed by atoms with Crippen LogP contribution < -0.4 is 0 Å². The van der Waals surface area contributed by atoms with E-state index in [1.807, 2.05) is 35.2 Å². The predicted molar refractivity (Wildman–Crippen MR) is 92.8 cm³/mol. The van der Waals surface area contributed by atoms with Crippen LogP contribution in [-0.2, 0) is 20.9 Å². The van der Waals surface area contributed by atoms with E-state index in [2.05, 4.69) is 4.90 Å². The second-order valence-corrected chi connectivity index (χ2v) is 7.15. The van der Waals surface area contributed by atoms with E-state index in [0.29, 0.717) is 19.2 Å². The highest BCUT2D eigenvalue weighted by atomic mass is 16.5. The van der Waals surface area contributed by atoms with Gasteiger partial charge >= 0.3 is 0 Å². The van der Waals surface area contributed by atoms with Crippen LogP contribution >= 0.6 is 0 Å². The Labute approximate surface area is 148 Å². The summed E-state index contributed by atoms with van der Waals surface area (Å²) in [4.78, 5) is 31.6. The van der Waals surface area contributed by atoms with Gasteiger partial charge in [0.1, 0.15) is 12.6 Å². The predicted octanol–water partition coefficient (Wildman–Crippen LogP) is 0.721.